The van der Waals surface area contributed by atoms with E-state index in [9.17, 15) is 43.2 Å². The molecule has 0 aliphatic heterocycles. The number of carbonyl (C=O) groups is 4. The molecule has 0 saturated heterocycles. The maximum Gasteiger partial charge on any atom is 0.472 e. The Balaban J connectivity index is 5.21. The number of phosphoric acid groups is 2. The summed E-state index contributed by atoms with van der Waals surface area (Å²) < 4.78 is 68.9. The molecule has 0 saturated carbocycles. The molecule has 17 nitrogen and oxygen atoms in total. The van der Waals surface area contributed by atoms with E-state index in [1.54, 1.807) is 0 Å². The molecule has 0 amide bonds. The van der Waals surface area contributed by atoms with Crippen molar-refractivity contribution in [3.8, 4) is 0 Å². The lowest BCUT2D eigenvalue weighted by molar-refractivity contribution is -0.161. The van der Waals surface area contributed by atoms with E-state index in [1.165, 1.54) is 289 Å². The van der Waals surface area contributed by atoms with Gasteiger partial charge in [-0.3, -0.25) is 37.3 Å². The number of phosphoric ester groups is 2. The van der Waals surface area contributed by atoms with E-state index in [-0.39, 0.29) is 25.7 Å². The molecule has 0 rings (SSSR count). The number of esters is 4. The summed E-state index contributed by atoms with van der Waals surface area (Å²) in [4.78, 5) is 73.2. The molecule has 19 heteroatoms. The number of hydrogen-bond acceptors (Lipinski definition) is 15. The minimum atomic E-state index is -4.97. The molecule has 0 spiro atoms. The van der Waals surface area contributed by atoms with E-state index >= 15 is 0 Å². The van der Waals surface area contributed by atoms with E-state index in [1.807, 2.05) is 0 Å². The van der Waals surface area contributed by atoms with Crippen LogP contribution in [-0.2, 0) is 65.4 Å². The lowest BCUT2D eigenvalue weighted by Gasteiger charge is -2.21. The Morgan fingerprint density at radius 1 is 0.271 bits per heavy atom. The number of aliphatic hydroxyl groups excluding tert-OH is 1. The number of unbranched alkanes of at least 4 members (excludes halogenated alkanes) is 56. The van der Waals surface area contributed by atoms with Crippen molar-refractivity contribution in [2.45, 2.75) is 490 Å². The summed E-state index contributed by atoms with van der Waals surface area (Å²) in [5.41, 5.74) is 0. The second-order valence-electron chi connectivity index (χ2n) is 32.4. The third-order valence-corrected chi connectivity index (χ3v) is 23.0. The molecule has 0 bridgehead atoms. The van der Waals surface area contributed by atoms with Gasteiger partial charge in [-0.15, -0.1) is 0 Å². The van der Waals surface area contributed by atoms with Crippen molar-refractivity contribution in [2.24, 2.45) is 11.8 Å². The Kier molecular flexibility index (Phi) is 77.9. The quantitative estimate of drug-likeness (QED) is 0.0222. The minimum Gasteiger partial charge on any atom is -0.462 e. The number of carbonyl (C=O) groups excluding carboxylic acids is 4. The summed E-state index contributed by atoms with van der Waals surface area (Å²) in [7, 11) is -9.93. The SMILES string of the molecule is CCCCCCCCCCCCCCCCCCCCCCCC(=O)O[C@H](COC(=O)CCCCCCCCCCCCCCCCCCC(C)C)COP(=O)(O)OC[C@@H](O)COP(=O)(O)OC[C@@H](COC(=O)CCCCCCCCCCC)OC(=O)CCCCCCCCCCCCCCCCC(C)CC. The molecule has 0 aliphatic carbocycles. The minimum absolute atomic E-state index is 0.108. The van der Waals surface area contributed by atoms with Crippen molar-refractivity contribution in [3.05, 3.63) is 0 Å². The predicted octanol–water partition coefficient (Wildman–Crippen LogP) is 27.0. The van der Waals surface area contributed by atoms with Crippen LogP contribution < -0.4 is 0 Å². The van der Waals surface area contributed by atoms with Crippen LogP contribution in [0.2, 0.25) is 0 Å². The largest absolute Gasteiger partial charge is 0.472 e. The molecule has 0 fully saturated rings. The maximum atomic E-state index is 13.2. The van der Waals surface area contributed by atoms with Gasteiger partial charge >= 0.3 is 39.5 Å². The summed E-state index contributed by atoms with van der Waals surface area (Å²) in [6, 6.07) is 0. The second-order valence-corrected chi connectivity index (χ2v) is 35.3. The van der Waals surface area contributed by atoms with Gasteiger partial charge < -0.3 is 33.8 Å². The molecular weight excluding hydrogens is 1390 g/mol. The number of rotatable bonds is 87. The molecule has 0 aliphatic rings. The van der Waals surface area contributed by atoms with E-state index in [4.69, 9.17) is 37.0 Å². The zero-order valence-electron chi connectivity index (χ0n) is 70.5. The van der Waals surface area contributed by atoms with Crippen LogP contribution in [-0.4, -0.2) is 96.7 Å². The highest BCUT2D eigenvalue weighted by Crippen LogP contribution is 2.45. The van der Waals surface area contributed by atoms with Crippen LogP contribution in [0.3, 0.4) is 0 Å². The van der Waals surface area contributed by atoms with Crippen LogP contribution in [0.4, 0.5) is 0 Å². The molecule has 6 atom stereocenters. The topological polar surface area (TPSA) is 237 Å². The number of ether oxygens (including phenoxy) is 4. The first-order chi connectivity index (χ1) is 51.9. The molecule has 0 radical (unpaired) electrons. The lowest BCUT2D eigenvalue weighted by atomic mass is 9.99. The van der Waals surface area contributed by atoms with Crippen molar-refractivity contribution >= 4 is 39.5 Å². The van der Waals surface area contributed by atoms with Crippen LogP contribution in [0, 0.1) is 11.8 Å². The summed E-state index contributed by atoms with van der Waals surface area (Å²) in [6.07, 6.45) is 72.2. The standard InChI is InChI=1S/C88H172O17P2/c1-7-10-12-14-16-18-19-20-21-22-23-24-25-26-31-37-42-48-54-60-66-72-88(93)105-84(77-99-86(91)71-65-59-53-47-41-36-30-28-27-29-34-39-45-50-56-62-68-80(4)5)79-103-107(96,97)101-75-82(89)74-100-106(94,95)102-78-83(76-98-85(90)70-64-58-52-44-17-15-13-11-8-2)104-87(92)73-67-61-55-49-43-38-33-32-35-40-46-51-57-63-69-81(6)9-3/h80-84,89H,7-79H2,1-6H3,(H,94,95)(H,96,97)/t81?,82-,83+,84+/m0/s1. The fraction of sp³-hybridized carbons (Fsp3) is 0.955. The molecule has 0 aromatic heterocycles. The van der Waals surface area contributed by atoms with Gasteiger partial charge in [0.25, 0.3) is 0 Å². The first kappa shape index (κ1) is 105. The van der Waals surface area contributed by atoms with Crippen LogP contribution in [0.15, 0.2) is 0 Å². The van der Waals surface area contributed by atoms with Crippen molar-refractivity contribution < 1.29 is 80.2 Å². The van der Waals surface area contributed by atoms with Crippen LogP contribution in [0.5, 0.6) is 0 Å². The van der Waals surface area contributed by atoms with Gasteiger partial charge in [0.15, 0.2) is 12.2 Å². The van der Waals surface area contributed by atoms with Gasteiger partial charge in [-0.2, -0.15) is 0 Å². The van der Waals surface area contributed by atoms with Gasteiger partial charge in [-0.25, -0.2) is 9.13 Å². The summed E-state index contributed by atoms with van der Waals surface area (Å²) >= 11 is 0. The fourth-order valence-electron chi connectivity index (χ4n) is 13.7. The average Bonchev–Trinajstić information content (AvgIpc) is 0.905. The predicted molar refractivity (Wildman–Crippen MR) is 442 cm³/mol. The van der Waals surface area contributed by atoms with Gasteiger partial charge in [0, 0.05) is 25.7 Å². The molecular formula is C88H172O17P2. The van der Waals surface area contributed by atoms with E-state index in [2.05, 4.69) is 41.5 Å². The van der Waals surface area contributed by atoms with Crippen molar-refractivity contribution in [1.29, 1.82) is 0 Å². The third kappa shape index (κ3) is 80.5. The Hall–Kier alpha value is -1.94. The van der Waals surface area contributed by atoms with E-state index in [0.29, 0.717) is 25.7 Å². The van der Waals surface area contributed by atoms with E-state index < -0.39 is 97.5 Å². The zero-order valence-corrected chi connectivity index (χ0v) is 72.2. The van der Waals surface area contributed by atoms with Crippen molar-refractivity contribution in [1.82, 2.24) is 0 Å². The summed E-state index contributed by atoms with van der Waals surface area (Å²) in [5.74, 6) is -0.442. The van der Waals surface area contributed by atoms with Crippen LogP contribution in [0.25, 0.3) is 0 Å². The monoisotopic (exact) mass is 1560 g/mol. The highest BCUT2D eigenvalue weighted by atomic mass is 31.2. The Labute approximate surface area is 658 Å². The Morgan fingerprint density at radius 2 is 0.477 bits per heavy atom. The third-order valence-electron chi connectivity index (χ3n) is 21.1. The van der Waals surface area contributed by atoms with Gasteiger partial charge in [0.05, 0.1) is 26.4 Å². The van der Waals surface area contributed by atoms with Gasteiger partial charge in [0.1, 0.15) is 19.3 Å². The molecule has 0 aromatic carbocycles. The van der Waals surface area contributed by atoms with Crippen molar-refractivity contribution in [2.75, 3.05) is 39.6 Å². The first-order valence-corrected chi connectivity index (χ1v) is 48.5. The van der Waals surface area contributed by atoms with Gasteiger partial charge in [-0.1, -0.05) is 420 Å². The Morgan fingerprint density at radius 3 is 0.710 bits per heavy atom. The zero-order chi connectivity index (χ0) is 78.5. The smallest absolute Gasteiger partial charge is 0.462 e. The van der Waals surface area contributed by atoms with E-state index in [0.717, 1.165) is 102 Å². The second kappa shape index (κ2) is 79.3. The maximum absolute atomic E-state index is 13.2. The highest BCUT2D eigenvalue weighted by molar-refractivity contribution is 7.47. The lowest BCUT2D eigenvalue weighted by Crippen LogP contribution is -2.30. The molecule has 0 aromatic rings. The number of hydrogen-bond donors (Lipinski definition) is 3. The molecule has 0 heterocycles. The van der Waals surface area contributed by atoms with Crippen LogP contribution in [0.1, 0.15) is 472 Å². The van der Waals surface area contributed by atoms with Gasteiger partial charge in [-0.05, 0) is 37.5 Å². The molecule has 636 valence electrons. The highest BCUT2D eigenvalue weighted by Gasteiger charge is 2.31. The molecule has 107 heavy (non-hydrogen) atoms. The summed E-state index contributed by atoms with van der Waals surface area (Å²) in [6.45, 7) is 9.75. The van der Waals surface area contributed by atoms with Crippen molar-refractivity contribution in [3.63, 3.8) is 0 Å². The fourth-order valence-corrected chi connectivity index (χ4v) is 15.3. The molecule has 3 unspecified atom stereocenters. The Bertz CT molecular complexity index is 2050. The van der Waals surface area contributed by atoms with Gasteiger partial charge in [0.2, 0.25) is 0 Å². The van der Waals surface area contributed by atoms with Crippen LogP contribution >= 0.6 is 15.6 Å². The molecule has 3 N–H and O–H groups in total. The number of aliphatic hydroxyl groups is 1. The normalized spacial score (nSPS) is 14.0. The first-order valence-electron chi connectivity index (χ1n) is 45.5. The average molecular weight is 1560 g/mol. The summed E-state index contributed by atoms with van der Waals surface area (Å²) in [5, 5.41) is 10.7.